The zero-order chi connectivity index (χ0) is 62.1. The Bertz CT molecular complexity index is 6270. The van der Waals surface area contributed by atoms with E-state index in [4.69, 9.17) is 24.9 Å². The van der Waals surface area contributed by atoms with Gasteiger partial charge in [-0.15, -0.1) is 0 Å². The highest BCUT2D eigenvalue weighted by Gasteiger charge is 2.15. The van der Waals surface area contributed by atoms with Gasteiger partial charge in [-0.25, -0.2) is 24.9 Å². The van der Waals surface area contributed by atoms with Gasteiger partial charge in [-0.05, 0) is 153 Å². The van der Waals surface area contributed by atoms with Gasteiger partial charge in [0.15, 0.2) is 0 Å². The Balaban J connectivity index is 0.000000139. The molecule has 11 aromatic carbocycles. The van der Waals surface area contributed by atoms with Crippen molar-refractivity contribution in [2.24, 2.45) is 0 Å². The number of benzene rings is 11. The maximum atomic E-state index is 5.14. The summed E-state index contributed by atoms with van der Waals surface area (Å²) in [5.41, 5.74) is 22.3. The minimum absolute atomic E-state index is 0.911. The minimum Gasteiger partial charge on any atom is -0.256 e. The molecule has 0 bridgehead atoms. The number of aromatic nitrogens is 8. The van der Waals surface area contributed by atoms with E-state index >= 15 is 0 Å². The molecular weight excluding hydrogens is 1150 g/mol. The van der Waals surface area contributed by atoms with Crippen LogP contribution in [0.15, 0.2) is 316 Å². The van der Waals surface area contributed by atoms with Crippen LogP contribution in [0.5, 0.6) is 0 Å². The molecule has 19 rings (SSSR count). The highest BCUT2D eigenvalue weighted by Crippen LogP contribution is 2.38. The molecule has 8 heteroatoms. The van der Waals surface area contributed by atoms with Crippen LogP contribution in [0.3, 0.4) is 0 Å². The van der Waals surface area contributed by atoms with Crippen LogP contribution in [0.4, 0.5) is 0 Å². The third-order valence-corrected chi connectivity index (χ3v) is 18.2. The fourth-order valence-corrected chi connectivity index (χ4v) is 13.5. The molecule has 0 aliphatic rings. The quantitative estimate of drug-likeness (QED) is 0.145. The number of pyridine rings is 8. The Labute approximate surface area is 539 Å². The summed E-state index contributed by atoms with van der Waals surface area (Å²) in [6.45, 7) is 0. The standard InChI is InChI=1S/C45H27N5.C41H25N3/c1-5-33(26-34(6-1)40-19-16-30-13-12-29-7-3-24-47-44(29)45(30)50-40)38-21-18-35-25-31(17-20-39(35)48-38)32-14-11-28-15-22-42(49-43(28)27-32)37-8-2-10-41-36(37)9-4-23-46-41;1-2-8-31-29(7-1)24-36(33-10-4-3-9-32(31)33)40-21-18-30-23-27(17-19-37(30)43-40)28-15-14-26-16-20-39(44-41(26)25-28)35-11-5-13-38-34(35)12-6-22-42-38/h1-27H;1-25H. The topological polar surface area (TPSA) is 103 Å². The molecule has 8 heterocycles. The molecule has 436 valence electrons. The van der Waals surface area contributed by atoms with Gasteiger partial charge in [-0.2, -0.15) is 0 Å². The first-order valence-electron chi connectivity index (χ1n) is 31.5. The van der Waals surface area contributed by atoms with Crippen molar-refractivity contribution in [3.8, 4) is 78.5 Å². The lowest BCUT2D eigenvalue weighted by Crippen LogP contribution is -1.90. The molecular formula is C86H52N8. The molecule has 19 aromatic rings. The van der Waals surface area contributed by atoms with Crippen molar-refractivity contribution in [3.05, 3.63) is 316 Å². The molecule has 8 aromatic heterocycles. The van der Waals surface area contributed by atoms with Crippen LogP contribution in [-0.4, -0.2) is 39.9 Å². The predicted molar refractivity (Wildman–Crippen MR) is 388 cm³/mol. The number of nitrogens with zero attached hydrogens (tertiary/aromatic N) is 8. The summed E-state index contributed by atoms with van der Waals surface area (Å²) < 4.78 is 0. The maximum Gasteiger partial charge on any atom is 0.0972 e. The van der Waals surface area contributed by atoms with Crippen LogP contribution >= 0.6 is 0 Å². The Morgan fingerprint density at radius 2 is 0.596 bits per heavy atom. The van der Waals surface area contributed by atoms with Crippen molar-refractivity contribution in [1.29, 1.82) is 0 Å². The molecule has 0 spiro atoms. The van der Waals surface area contributed by atoms with Gasteiger partial charge in [0.05, 0.1) is 72.6 Å². The summed E-state index contributed by atoms with van der Waals surface area (Å²) in [5.74, 6) is 0. The van der Waals surface area contributed by atoms with E-state index in [1.165, 1.54) is 21.5 Å². The average molecular weight is 1200 g/mol. The first-order valence-corrected chi connectivity index (χ1v) is 31.5. The molecule has 0 unspecified atom stereocenters. The maximum absolute atomic E-state index is 5.14. The molecule has 8 nitrogen and oxygen atoms in total. The Hall–Kier alpha value is -12.8. The van der Waals surface area contributed by atoms with Crippen LogP contribution in [0.25, 0.3) is 187 Å². The van der Waals surface area contributed by atoms with Gasteiger partial charge >= 0.3 is 0 Å². The summed E-state index contributed by atoms with van der Waals surface area (Å²) in [6.07, 6.45) is 5.48. The molecule has 0 aliphatic carbocycles. The summed E-state index contributed by atoms with van der Waals surface area (Å²) >= 11 is 0. The highest BCUT2D eigenvalue weighted by atomic mass is 14.8. The third-order valence-electron chi connectivity index (χ3n) is 18.2. The first-order chi connectivity index (χ1) is 46.5. The van der Waals surface area contributed by atoms with Gasteiger partial charge in [0.2, 0.25) is 0 Å². The van der Waals surface area contributed by atoms with Crippen molar-refractivity contribution in [2.75, 3.05) is 0 Å². The zero-order valence-electron chi connectivity index (χ0n) is 50.6. The lowest BCUT2D eigenvalue weighted by Gasteiger charge is -2.12. The SMILES string of the molecule is c1cc(-c2ccc3cc(-c4ccc5ccc(-c6cccc7ncccc67)nc5c4)ccc3n2)cc(-c2ccc3ccc4cccnc4c3n2)c1.c1ccc2c(c1)cc(-c1ccc3cc(-c4ccc5ccc(-c6cccc7ncccc67)nc5c4)ccc3n1)c1ccccc12. The van der Waals surface area contributed by atoms with Gasteiger partial charge in [0.1, 0.15) is 0 Å². The van der Waals surface area contributed by atoms with Crippen LogP contribution in [0, 0.1) is 0 Å². The van der Waals surface area contributed by atoms with Crippen LogP contribution in [0.2, 0.25) is 0 Å². The second kappa shape index (κ2) is 22.6. The Morgan fingerprint density at radius 1 is 0.170 bits per heavy atom. The van der Waals surface area contributed by atoms with Crippen molar-refractivity contribution in [1.82, 2.24) is 39.9 Å². The van der Waals surface area contributed by atoms with Gasteiger partial charge in [-0.3, -0.25) is 15.0 Å². The van der Waals surface area contributed by atoms with Crippen molar-refractivity contribution < 1.29 is 0 Å². The van der Waals surface area contributed by atoms with E-state index in [-0.39, 0.29) is 0 Å². The normalized spacial score (nSPS) is 11.6. The predicted octanol–water partition coefficient (Wildman–Crippen LogP) is 21.7. The van der Waals surface area contributed by atoms with E-state index in [1.54, 1.807) is 0 Å². The fraction of sp³-hybridized carbons (Fsp3) is 0. The van der Waals surface area contributed by atoms with E-state index in [2.05, 4.69) is 270 Å². The van der Waals surface area contributed by atoms with Gasteiger partial charge < -0.3 is 0 Å². The van der Waals surface area contributed by atoms with Gasteiger partial charge in [-0.1, -0.05) is 188 Å². The lowest BCUT2D eigenvalue weighted by atomic mass is 9.95. The number of fused-ring (bicyclic) bond motifs is 12. The molecule has 0 fully saturated rings. The minimum atomic E-state index is 0.911. The Morgan fingerprint density at radius 3 is 1.23 bits per heavy atom. The van der Waals surface area contributed by atoms with Crippen molar-refractivity contribution >= 4 is 109 Å². The van der Waals surface area contributed by atoms with E-state index in [0.717, 1.165) is 166 Å². The Kier molecular flexibility index (Phi) is 13.0. The summed E-state index contributed by atoms with van der Waals surface area (Å²) in [4.78, 5) is 39.1. The molecule has 0 amide bonds. The van der Waals surface area contributed by atoms with Gasteiger partial charge in [0.25, 0.3) is 0 Å². The number of hydrogen-bond acceptors (Lipinski definition) is 8. The monoisotopic (exact) mass is 1200 g/mol. The first kappa shape index (κ1) is 54.2. The second-order valence-electron chi connectivity index (χ2n) is 23.8. The van der Waals surface area contributed by atoms with Crippen LogP contribution in [0.1, 0.15) is 0 Å². The molecule has 0 saturated heterocycles. The molecule has 94 heavy (non-hydrogen) atoms. The highest BCUT2D eigenvalue weighted by molar-refractivity contribution is 6.14. The summed E-state index contributed by atoms with van der Waals surface area (Å²) in [5, 5.41) is 13.8. The molecule has 0 radical (unpaired) electrons. The fourth-order valence-electron chi connectivity index (χ4n) is 13.5. The van der Waals surface area contributed by atoms with Crippen molar-refractivity contribution in [2.45, 2.75) is 0 Å². The lowest BCUT2D eigenvalue weighted by molar-refractivity contribution is 1.36. The third kappa shape index (κ3) is 9.82. The number of rotatable bonds is 7. The summed E-state index contributed by atoms with van der Waals surface area (Å²) in [7, 11) is 0. The number of hydrogen-bond donors (Lipinski definition) is 0. The average Bonchev–Trinajstić information content (AvgIpc) is 0.835. The van der Waals surface area contributed by atoms with E-state index in [9.17, 15) is 0 Å². The van der Waals surface area contributed by atoms with E-state index in [1.807, 2.05) is 61.1 Å². The van der Waals surface area contributed by atoms with Crippen molar-refractivity contribution in [3.63, 3.8) is 0 Å². The second-order valence-corrected chi connectivity index (χ2v) is 23.8. The smallest absolute Gasteiger partial charge is 0.0972 e. The molecule has 0 atom stereocenters. The van der Waals surface area contributed by atoms with Gasteiger partial charge in [0, 0.05) is 89.5 Å². The zero-order valence-corrected chi connectivity index (χ0v) is 50.6. The molecule has 0 N–H and O–H groups in total. The van der Waals surface area contributed by atoms with E-state index in [0.29, 0.717) is 0 Å². The van der Waals surface area contributed by atoms with E-state index < -0.39 is 0 Å². The van der Waals surface area contributed by atoms with Crippen LogP contribution in [-0.2, 0) is 0 Å². The largest absolute Gasteiger partial charge is 0.256 e. The molecule has 0 aliphatic heterocycles. The summed E-state index contributed by atoms with van der Waals surface area (Å²) in [6, 6.07) is 104. The molecule has 0 saturated carbocycles. The van der Waals surface area contributed by atoms with Crippen LogP contribution < -0.4 is 0 Å².